The van der Waals surface area contributed by atoms with Gasteiger partial charge in [-0.25, -0.2) is 9.37 Å². The molecule has 0 saturated carbocycles. The van der Waals surface area contributed by atoms with Gasteiger partial charge in [-0.2, -0.15) is 0 Å². The first-order valence-electron chi connectivity index (χ1n) is 10.4. The molecule has 32 heavy (non-hydrogen) atoms. The highest BCUT2D eigenvalue weighted by atomic mass is 79.9. The number of hydrogen-bond acceptors (Lipinski definition) is 4. The summed E-state index contributed by atoms with van der Waals surface area (Å²) in [5.74, 6) is -0.180. The maximum atomic E-state index is 14.2. The summed E-state index contributed by atoms with van der Waals surface area (Å²) >= 11 is 3.46. The van der Waals surface area contributed by atoms with E-state index in [9.17, 15) is 14.3 Å². The predicted molar refractivity (Wildman–Crippen MR) is 126 cm³/mol. The van der Waals surface area contributed by atoms with Gasteiger partial charge in [0.05, 0.1) is 19.4 Å². The molecule has 0 spiro atoms. The standard InChI is InChI=1S/C25H26BrFN2O3/c1-4-29(5-2)25(31)20-11-10-19(26)12-18(20)13-23(30)17-8-6-16(7-9-17)21-14-24(32-3)28-15-22(21)27/h6-12,14-15,23,30H,4-5,13H2,1-3H3. The molecule has 1 N–H and O–H groups in total. The normalized spacial score (nSPS) is 11.8. The molecule has 0 radical (unpaired) electrons. The van der Waals surface area contributed by atoms with Crippen LogP contribution in [0.15, 0.2) is 59.2 Å². The minimum Gasteiger partial charge on any atom is -0.481 e. The van der Waals surface area contributed by atoms with Gasteiger partial charge in [-0.3, -0.25) is 4.79 Å². The third-order valence-corrected chi connectivity index (χ3v) is 5.90. The molecule has 0 aliphatic heterocycles. The third-order valence-electron chi connectivity index (χ3n) is 5.41. The highest BCUT2D eigenvalue weighted by Crippen LogP contribution is 2.29. The quantitative estimate of drug-likeness (QED) is 0.448. The lowest BCUT2D eigenvalue weighted by atomic mass is 9.95. The molecule has 1 aromatic heterocycles. The molecule has 0 aliphatic carbocycles. The Labute approximate surface area is 196 Å². The fraction of sp³-hybridized carbons (Fsp3) is 0.280. The number of halogens is 2. The zero-order valence-corrected chi connectivity index (χ0v) is 19.9. The monoisotopic (exact) mass is 500 g/mol. The molecule has 3 aromatic rings. The Balaban J connectivity index is 1.85. The number of aliphatic hydroxyl groups is 1. The van der Waals surface area contributed by atoms with Crippen LogP contribution in [0.2, 0.25) is 0 Å². The first-order chi connectivity index (χ1) is 15.4. The van der Waals surface area contributed by atoms with Crippen LogP contribution in [0.4, 0.5) is 4.39 Å². The summed E-state index contributed by atoms with van der Waals surface area (Å²) in [7, 11) is 1.48. The van der Waals surface area contributed by atoms with E-state index in [1.807, 2.05) is 26.0 Å². The molecule has 1 unspecified atom stereocenters. The average Bonchev–Trinajstić information content (AvgIpc) is 2.80. The first kappa shape index (κ1) is 23.9. The zero-order chi connectivity index (χ0) is 23.3. The lowest BCUT2D eigenvalue weighted by Gasteiger charge is -2.21. The van der Waals surface area contributed by atoms with Gasteiger partial charge < -0.3 is 14.7 Å². The molecule has 2 aromatic carbocycles. The maximum Gasteiger partial charge on any atom is 0.254 e. The van der Waals surface area contributed by atoms with E-state index < -0.39 is 11.9 Å². The van der Waals surface area contributed by atoms with Gasteiger partial charge in [-0.05, 0) is 48.7 Å². The first-order valence-corrected chi connectivity index (χ1v) is 11.2. The van der Waals surface area contributed by atoms with Gasteiger partial charge in [0.2, 0.25) is 5.88 Å². The Morgan fingerprint density at radius 2 is 1.84 bits per heavy atom. The van der Waals surface area contributed by atoms with E-state index in [1.54, 1.807) is 35.2 Å². The van der Waals surface area contributed by atoms with Gasteiger partial charge in [0.15, 0.2) is 0 Å². The van der Waals surface area contributed by atoms with Gasteiger partial charge in [-0.1, -0.05) is 40.2 Å². The molecule has 0 fully saturated rings. The van der Waals surface area contributed by atoms with Gasteiger partial charge in [0.25, 0.3) is 5.91 Å². The SMILES string of the molecule is CCN(CC)C(=O)c1ccc(Br)cc1CC(O)c1ccc(-c2cc(OC)ncc2F)cc1. The summed E-state index contributed by atoms with van der Waals surface area (Å²) in [6.07, 6.45) is 0.579. The van der Waals surface area contributed by atoms with Crippen molar-refractivity contribution in [3.05, 3.63) is 81.7 Å². The molecule has 0 saturated heterocycles. The molecule has 1 amide bonds. The van der Waals surface area contributed by atoms with E-state index in [0.717, 1.165) is 16.2 Å². The fourth-order valence-electron chi connectivity index (χ4n) is 3.58. The van der Waals surface area contributed by atoms with E-state index in [4.69, 9.17) is 4.74 Å². The summed E-state index contributed by atoms with van der Waals surface area (Å²) in [5.41, 5.74) is 3.05. The van der Waals surface area contributed by atoms with E-state index in [-0.39, 0.29) is 12.3 Å². The summed E-state index contributed by atoms with van der Waals surface area (Å²) in [4.78, 5) is 18.5. The average molecular weight is 501 g/mol. The number of aromatic nitrogens is 1. The van der Waals surface area contributed by atoms with Crippen molar-refractivity contribution in [3.63, 3.8) is 0 Å². The number of hydrogen-bond donors (Lipinski definition) is 1. The molecular weight excluding hydrogens is 475 g/mol. The summed E-state index contributed by atoms with van der Waals surface area (Å²) < 4.78 is 20.1. The Morgan fingerprint density at radius 3 is 2.47 bits per heavy atom. The Hall–Kier alpha value is -2.77. The zero-order valence-electron chi connectivity index (χ0n) is 18.3. The summed E-state index contributed by atoms with van der Waals surface area (Å²) in [5, 5.41) is 10.9. The minimum atomic E-state index is -0.821. The number of benzene rings is 2. The van der Waals surface area contributed by atoms with Gasteiger partial charge in [0, 0.05) is 41.2 Å². The number of aliphatic hydroxyl groups excluding tert-OH is 1. The maximum absolute atomic E-state index is 14.2. The van der Waals surface area contributed by atoms with Crippen LogP contribution >= 0.6 is 15.9 Å². The van der Waals surface area contributed by atoms with Crippen LogP contribution < -0.4 is 4.74 Å². The second-order valence-electron chi connectivity index (χ2n) is 7.33. The number of nitrogens with zero attached hydrogens (tertiary/aromatic N) is 2. The largest absolute Gasteiger partial charge is 0.481 e. The number of methoxy groups -OCH3 is 1. The van der Waals surface area contributed by atoms with Crippen LogP contribution in [0.1, 0.15) is 41.4 Å². The molecule has 168 valence electrons. The van der Waals surface area contributed by atoms with Gasteiger partial charge in [0.1, 0.15) is 5.82 Å². The van der Waals surface area contributed by atoms with Crippen molar-refractivity contribution in [3.8, 4) is 17.0 Å². The molecule has 1 atom stereocenters. The number of ether oxygens (including phenoxy) is 1. The van der Waals surface area contributed by atoms with Gasteiger partial charge >= 0.3 is 0 Å². The highest BCUT2D eigenvalue weighted by Gasteiger charge is 2.19. The number of pyridine rings is 1. The number of rotatable bonds is 8. The molecule has 1 heterocycles. The van der Waals surface area contributed by atoms with Crippen LogP contribution in [-0.2, 0) is 6.42 Å². The number of carbonyl (C=O) groups is 1. The van der Waals surface area contributed by atoms with Crippen molar-refractivity contribution in [1.29, 1.82) is 0 Å². The molecule has 7 heteroatoms. The van der Waals surface area contributed by atoms with E-state index >= 15 is 0 Å². The smallest absolute Gasteiger partial charge is 0.254 e. The van der Waals surface area contributed by atoms with Crippen molar-refractivity contribution in [2.75, 3.05) is 20.2 Å². The van der Waals surface area contributed by atoms with Crippen LogP contribution in [-0.4, -0.2) is 41.1 Å². The molecule has 0 aliphatic rings. The lowest BCUT2D eigenvalue weighted by molar-refractivity contribution is 0.0771. The summed E-state index contributed by atoms with van der Waals surface area (Å²) in [6.45, 7) is 5.12. The second kappa shape index (κ2) is 10.7. The minimum absolute atomic E-state index is 0.0536. The van der Waals surface area contributed by atoms with Crippen LogP contribution in [0, 0.1) is 5.82 Å². The number of amides is 1. The van der Waals surface area contributed by atoms with Crippen molar-refractivity contribution >= 4 is 21.8 Å². The van der Waals surface area contributed by atoms with Crippen molar-refractivity contribution < 1.29 is 19.0 Å². The highest BCUT2D eigenvalue weighted by molar-refractivity contribution is 9.10. The van der Waals surface area contributed by atoms with Crippen molar-refractivity contribution in [2.24, 2.45) is 0 Å². The van der Waals surface area contributed by atoms with Crippen LogP contribution in [0.3, 0.4) is 0 Å². The fourth-order valence-corrected chi connectivity index (χ4v) is 3.99. The van der Waals surface area contributed by atoms with E-state index in [1.165, 1.54) is 13.2 Å². The predicted octanol–water partition coefficient (Wildman–Crippen LogP) is 5.42. The van der Waals surface area contributed by atoms with Crippen molar-refractivity contribution in [1.82, 2.24) is 9.88 Å². The molecular formula is C25H26BrFN2O3. The summed E-state index contributed by atoms with van der Waals surface area (Å²) in [6, 6.07) is 14.0. The molecule has 0 bridgehead atoms. The van der Waals surface area contributed by atoms with E-state index in [0.29, 0.717) is 41.2 Å². The molecule has 5 nitrogen and oxygen atoms in total. The lowest BCUT2D eigenvalue weighted by Crippen LogP contribution is -2.31. The van der Waals surface area contributed by atoms with Gasteiger partial charge in [-0.15, -0.1) is 0 Å². The topological polar surface area (TPSA) is 62.7 Å². The van der Waals surface area contributed by atoms with Crippen LogP contribution in [0.5, 0.6) is 5.88 Å². The number of carbonyl (C=O) groups excluding carboxylic acids is 1. The Bertz CT molecular complexity index is 1090. The van der Waals surface area contributed by atoms with Crippen molar-refractivity contribution in [2.45, 2.75) is 26.4 Å². The second-order valence-corrected chi connectivity index (χ2v) is 8.24. The van der Waals surface area contributed by atoms with Crippen LogP contribution in [0.25, 0.3) is 11.1 Å². The third kappa shape index (κ3) is 5.34. The Morgan fingerprint density at radius 1 is 1.16 bits per heavy atom. The molecule has 3 rings (SSSR count). The van der Waals surface area contributed by atoms with E-state index in [2.05, 4.69) is 20.9 Å². The Kier molecular flexibility index (Phi) is 7.99.